The van der Waals surface area contributed by atoms with Gasteiger partial charge in [-0.15, -0.1) is 11.3 Å². The highest BCUT2D eigenvalue weighted by Gasteiger charge is 2.20. The van der Waals surface area contributed by atoms with Crippen molar-refractivity contribution in [1.29, 1.82) is 0 Å². The summed E-state index contributed by atoms with van der Waals surface area (Å²) in [5.74, 6) is -0.660. The van der Waals surface area contributed by atoms with Crippen LogP contribution in [-0.2, 0) is 16.6 Å². The Morgan fingerprint density at radius 2 is 2.10 bits per heavy atom. The van der Waals surface area contributed by atoms with E-state index in [4.69, 9.17) is 5.11 Å². The fourth-order valence-corrected chi connectivity index (χ4v) is 4.42. The lowest BCUT2D eigenvalue weighted by Gasteiger charge is -2.07. The zero-order valence-electron chi connectivity index (χ0n) is 10.4. The Morgan fingerprint density at radius 3 is 2.70 bits per heavy atom. The number of sulfonamides is 1. The van der Waals surface area contributed by atoms with Crippen LogP contribution in [0.1, 0.15) is 10.4 Å². The molecule has 0 unspecified atom stereocenters. The van der Waals surface area contributed by atoms with Crippen LogP contribution in [0.3, 0.4) is 0 Å². The minimum Gasteiger partial charge on any atom is -0.391 e. The van der Waals surface area contributed by atoms with Gasteiger partial charge in [-0.05, 0) is 36.8 Å². The minimum atomic E-state index is -3.87. The van der Waals surface area contributed by atoms with Gasteiger partial charge in [0.15, 0.2) is 0 Å². The Balaban J connectivity index is 2.37. The summed E-state index contributed by atoms with van der Waals surface area (Å²) in [7, 11) is -3.87. The normalized spacial score (nSPS) is 11.6. The first-order valence-electron chi connectivity index (χ1n) is 5.51. The van der Waals surface area contributed by atoms with E-state index in [0.717, 1.165) is 11.3 Å². The number of hydrogen-bond acceptors (Lipinski definition) is 4. The second-order valence-electron chi connectivity index (χ2n) is 4.06. The number of halogens is 2. The van der Waals surface area contributed by atoms with Crippen molar-refractivity contribution in [2.24, 2.45) is 0 Å². The predicted molar refractivity (Wildman–Crippen MR) is 79.9 cm³/mol. The molecule has 0 fully saturated rings. The van der Waals surface area contributed by atoms with Gasteiger partial charge in [0.1, 0.15) is 10.0 Å². The average Bonchev–Trinajstić information content (AvgIpc) is 2.76. The molecule has 0 saturated heterocycles. The van der Waals surface area contributed by atoms with E-state index in [9.17, 15) is 12.8 Å². The van der Waals surface area contributed by atoms with Crippen LogP contribution in [0.2, 0.25) is 0 Å². The van der Waals surface area contributed by atoms with Crippen LogP contribution in [-0.4, -0.2) is 13.5 Å². The van der Waals surface area contributed by atoms with Gasteiger partial charge in [-0.25, -0.2) is 12.8 Å². The van der Waals surface area contributed by atoms with Crippen molar-refractivity contribution in [3.8, 4) is 0 Å². The van der Waals surface area contributed by atoms with E-state index in [0.29, 0.717) is 14.9 Å². The SMILES string of the molecule is Cc1cc(S(=O)(=O)Nc2cc(Br)ccc2F)sc1CO. The molecule has 1 aromatic heterocycles. The lowest BCUT2D eigenvalue weighted by molar-refractivity contribution is 0.285. The lowest BCUT2D eigenvalue weighted by Crippen LogP contribution is -2.12. The third-order valence-corrected chi connectivity index (χ3v) is 6.13. The highest BCUT2D eigenvalue weighted by Crippen LogP contribution is 2.29. The quantitative estimate of drug-likeness (QED) is 0.856. The Bertz CT molecular complexity index is 743. The molecule has 0 spiro atoms. The summed E-state index contributed by atoms with van der Waals surface area (Å²) < 4.78 is 40.8. The summed E-state index contributed by atoms with van der Waals surface area (Å²) in [5.41, 5.74) is 0.559. The van der Waals surface area contributed by atoms with Gasteiger partial charge >= 0.3 is 0 Å². The van der Waals surface area contributed by atoms with Gasteiger partial charge in [0.05, 0.1) is 12.3 Å². The van der Waals surface area contributed by atoms with E-state index >= 15 is 0 Å². The molecule has 2 rings (SSSR count). The van der Waals surface area contributed by atoms with Crippen molar-refractivity contribution >= 4 is 43.0 Å². The summed E-state index contributed by atoms with van der Waals surface area (Å²) in [5, 5.41) is 9.10. The molecule has 20 heavy (non-hydrogen) atoms. The fraction of sp³-hybridized carbons (Fsp3) is 0.167. The molecule has 0 bridgehead atoms. The summed E-state index contributed by atoms with van der Waals surface area (Å²) in [6.45, 7) is 1.48. The molecule has 0 saturated carbocycles. The molecule has 0 aliphatic heterocycles. The van der Waals surface area contributed by atoms with E-state index < -0.39 is 15.8 Å². The maximum absolute atomic E-state index is 13.6. The first kappa shape index (κ1) is 15.4. The van der Waals surface area contributed by atoms with Gasteiger partial charge < -0.3 is 5.11 Å². The lowest BCUT2D eigenvalue weighted by atomic mass is 10.3. The van der Waals surface area contributed by atoms with Crippen LogP contribution in [0.4, 0.5) is 10.1 Å². The number of thiophene rings is 1. The van der Waals surface area contributed by atoms with Crippen LogP contribution < -0.4 is 4.72 Å². The summed E-state index contributed by atoms with van der Waals surface area (Å²) in [4.78, 5) is 0.570. The Hall–Kier alpha value is -0.960. The average molecular weight is 380 g/mol. The van der Waals surface area contributed by atoms with Gasteiger partial charge in [-0.1, -0.05) is 15.9 Å². The van der Waals surface area contributed by atoms with Crippen molar-refractivity contribution in [3.63, 3.8) is 0 Å². The molecule has 108 valence electrons. The zero-order chi connectivity index (χ0) is 14.9. The van der Waals surface area contributed by atoms with E-state index in [1.807, 2.05) is 0 Å². The number of aryl methyl sites for hydroxylation is 1. The van der Waals surface area contributed by atoms with Gasteiger partial charge in [-0.2, -0.15) is 0 Å². The second kappa shape index (κ2) is 5.80. The first-order valence-corrected chi connectivity index (χ1v) is 8.61. The Morgan fingerprint density at radius 1 is 1.40 bits per heavy atom. The molecule has 4 nitrogen and oxygen atoms in total. The minimum absolute atomic E-state index is 0.0402. The van der Waals surface area contributed by atoms with Crippen molar-refractivity contribution < 1.29 is 17.9 Å². The van der Waals surface area contributed by atoms with Gasteiger partial charge in [0, 0.05) is 9.35 Å². The van der Waals surface area contributed by atoms with E-state index in [1.54, 1.807) is 6.92 Å². The molecule has 0 aliphatic carbocycles. The maximum Gasteiger partial charge on any atom is 0.271 e. The van der Waals surface area contributed by atoms with Crippen molar-refractivity contribution in [2.45, 2.75) is 17.7 Å². The number of aliphatic hydroxyl groups is 1. The number of anilines is 1. The van der Waals surface area contributed by atoms with Crippen LogP contribution in [0.5, 0.6) is 0 Å². The molecule has 2 N–H and O–H groups in total. The molecule has 2 aromatic rings. The second-order valence-corrected chi connectivity index (χ2v) is 8.02. The van der Waals surface area contributed by atoms with Crippen molar-refractivity contribution in [1.82, 2.24) is 0 Å². The molecular formula is C12H11BrFNO3S2. The van der Waals surface area contributed by atoms with E-state index in [2.05, 4.69) is 20.7 Å². The van der Waals surface area contributed by atoms with Gasteiger partial charge in [-0.3, -0.25) is 4.72 Å². The third-order valence-electron chi connectivity index (χ3n) is 2.58. The highest BCUT2D eigenvalue weighted by molar-refractivity contribution is 9.10. The summed E-state index contributed by atoms with van der Waals surface area (Å²) in [6, 6.07) is 5.45. The molecule has 0 amide bonds. The van der Waals surface area contributed by atoms with E-state index in [1.165, 1.54) is 24.3 Å². The first-order chi connectivity index (χ1) is 9.33. The number of nitrogens with one attached hydrogen (secondary N) is 1. The number of aliphatic hydroxyl groups excluding tert-OH is 1. The fourth-order valence-electron chi connectivity index (χ4n) is 1.55. The summed E-state index contributed by atoms with van der Waals surface area (Å²) in [6.07, 6.45) is 0. The van der Waals surface area contributed by atoms with Crippen molar-refractivity contribution in [3.05, 3.63) is 45.0 Å². The monoisotopic (exact) mass is 379 g/mol. The predicted octanol–water partition coefficient (Wildman–Crippen LogP) is 3.25. The summed E-state index contributed by atoms with van der Waals surface area (Å²) >= 11 is 4.12. The van der Waals surface area contributed by atoms with Crippen LogP contribution in [0, 0.1) is 12.7 Å². The number of hydrogen-bond donors (Lipinski definition) is 2. The number of benzene rings is 1. The number of rotatable bonds is 4. The molecular weight excluding hydrogens is 369 g/mol. The van der Waals surface area contributed by atoms with Crippen LogP contribution in [0.15, 0.2) is 32.9 Å². The maximum atomic E-state index is 13.6. The highest BCUT2D eigenvalue weighted by atomic mass is 79.9. The standard InChI is InChI=1S/C12H11BrFNO3S2/c1-7-4-12(19-11(7)6-16)20(17,18)15-10-5-8(13)2-3-9(10)14/h2-5,15-16H,6H2,1H3. The molecule has 8 heteroatoms. The van der Waals surface area contributed by atoms with Gasteiger partial charge in [0.2, 0.25) is 0 Å². The smallest absolute Gasteiger partial charge is 0.271 e. The zero-order valence-corrected chi connectivity index (χ0v) is 13.6. The Labute approximate surface area is 128 Å². The molecule has 1 aromatic carbocycles. The van der Waals surface area contributed by atoms with Crippen molar-refractivity contribution in [2.75, 3.05) is 4.72 Å². The third kappa shape index (κ3) is 3.20. The molecule has 0 aliphatic rings. The molecule has 0 radical (unpaired) electrons. The van der Waals surface area contributed by atoms with Crippen LogP contribution >= 0.6 is 27.3 Å². The largest absolute Gasteiger partial charge is 0.391 e. The topological polar surface area (TPSA) is 66.4 Å². The van der Waals surface area contributed by atoms with Gasteiger partial charge in [0.25, 0.3) is 10.0 Å². The Kier molecular flexibility index (Phi) is 4.48. The molecule has 1 heterocycles. The molecule has 0 atom stereocenters. The van der Waals surface area contributed by atoms with E-state index in [-0.39, 0.29) is 16.5 Å². The van der Waals surface area contributed by atoms with Crippen LogP contribution in [0.25, 0.3) is 0 Å².